The van der Waals surface area contributed by atoms with Gasteiger partial charge in [0.25, 0.3) is 11.8 Å². The molecule has 1 heterocycles. The van der Waals surface area contributed by atoms with Crippen molar-refractivity contribution in [1.29, 1.82) is 5.26 Å². The third kappa shape index (κ3) is 3.60. The summed E-state index contributed by atoms with van der Waals surface area (Å²) in [6, 6.07) is 17.7. The van der Waals surface area contributed by atoms with Gasteiger partial charge in [0.2, 0.25) is 0 Å². The number of carbonyl (C=O) groups is 2. The second-order valence-corrected chi connectivity index (χ2v) is 6.41. The molecule has 6 heteroatoms. The summed E-state index contributed by atoms with van der Waals surface area (Å²) in [5.41, 5.74) is -0.398. The smallest absolute Gasteiger partial charge is 0.263 e. The highest BCUT2D eigenvalue weighted by Gasteiger charge is 2.49. The maximum atomic E-state index is 13.9. The first kappa shape index (κ1) is 18.7. The zero-order valence-electron chi connectivity index (χ0n) is 14.7. The van der Waals surface area contributed by atoms with Gasteiger partial charge in [0, 0.05) is 6.61 Å². The predicted molar refractivity (Wildman–Crippen MR) is 96.6 cm³/mol. The lowest BCUT2D eigenvalue weighted by molar-refractivity contribution is 0.0416. The molecule has 0 radical (unpaired) electrons. The van der Waals surface area contributed by atoms with Crippen molar-refractivity contribution >= 4 is 11.8 Å². The van der Waals surface area contributed by atoms with Crippen LogP contribution in [0.1, 0.15) is 39.1 Å². The Morgan fingerprint density at radius 3 is 2.15 bits per heavy atom. The molecule has 138 valence electrons. The Balaban J connectivity index is 1.65. The minimum Gasteiger partial charge on any atom is -0.377 e. The zero-order valence-corrected chi connectivity index (χ0v) is 14.7. The summed E-state index contributed by atoms with van der Waals surface area (Å²) in [7, 11) is 0. The molecule has 2 aromatic carbocycles. The van der Waals surface area contributed by atoms with Crippen LogP contribution in [0.4, 0.5) is 4.39 Å². The molecule has 3 rings (SSSR count). The van der Waals surface area contributed by atoms with Crippen molar-refractivity contribution in [3.05, 3.63) is 71.3 Å². The summed E-state index contributed by atoms with van der Waals surface area (Å²) in [6.07, 6.45) is 0.359. The van der Waals surface area contributed by atoms with Gasteiger partial charge >= 0.3 is 0 Å². The quantitative estimate of drug-likeness (QED) is 0.529. The molecule has 1 aliphatic heterocycles. The molecule has 0 aromatic heterocycles. The number of hydrogen-bond donors (Lipinski definition) is 0. The van der Waals surface area contributed by atoms with Gasteiger partial charge in [0.15, 0.2) is 5.54 Å². The molecular weight excluding hydrogens is 347 g/mol. The second-order valence-electron chi connectivity index (χ2n) is 6.41. The lowest BCUT2D eigenvalue weighted by Crippen LogP contribution is -2.52. The number of amides is 2. The van der Waals surface area contributed by atoms with Crippen LogP contribution in [-0.2, 0) is 11.3 Å². The molecule has 2 amide bonds. The normalized spacial score (nSPS) is 15.3. The molecule has 2 aromatic rings. The third-order valence-electron chi connectivity index (χ3n) is 4.64. The fourth-order valence-electron chi connectivity index (χ4n) is 3.18. The van der Waals surface area contributed by atoms with E-state index in [9.17, 15) is 19.2 Å². The van der Waals surface area contributed by atoms with Gasteiger partial charge in [0.05, 0.1) is 23.8 Å². The Morgan fingerprint density at radius 1 is 1.00 bits per heavy atom. The van der Waals surface area contributed by atoms with Crippen LogP contribution in [0.2, 0.25) is 0 Å². The van der Waals surface area contributed by atoms with Gasteiger partial charge in [-0.2, -0.15) is 5.26 Å². The molecule has 0 saturated heterocycles. The first-order valence-corrected chi connectivity index (χ1v) is 8.70. The topological polar surface area (TPSA) is 70.4 Å². The lowest BCUT2D eigenvalue weighted by Gasteiger charge is -2.32. The number of hydrogen-bond acceptors (Lipinski definition) is 4. The average molecular weight is 366 g/mol. The molecule has 0 bridgehead atoms. The SMILES string of the molecule is N#CC(CF)(CCCOCc1ccccc1)N1C(=O)c2ccccc2C1=O. The van der Waals surface area contributed by atoms with E-state index in [0.717, 1.165) is 10.5 Å². The van der Waals surface area contributed by atoms with E-state index in [1.54, 1.807) is 12.1 Å². The van der Waals surface area contributed by atoms with Crippen LogP contribution in [0, 0.1) is 11.3 Å². The second kappa shape index (κ2) is 8.11. The van der Waals surface area contributed by atoms with E-state index in [0.29, 0.717) is 19.6 Å². The molecular formula is C21H19FN2O3. The fourth-order valence-corrected chi connectivity index (χ4v) is 3.18. The van der Waals surface area contributed by atoms with Crippen molar-refractivity contribution in [1.82, 2.24) is 4.90 Å². The number of imide groups is 1. The van der Waals surface area contributed by atoms with Crippen molar-refractivity contribution in [2.24, 2.45) is 0 Å². The first-order chi connectivity index (χ1) is 13.1. The molecule has 1 unspecified atom stereocenters. The highest BCUT2D eigenvalue weighted by Crippen LogP contribution is 2.32. The zero-order chi connectivity index (χ0) is 19.3. The van der Waals surface area contributed by atoms with E-state index in [2.05, 4.69) is 0 Å². The number of nitrogens with zero attached hydrogens (tertiary/aromatic N) is 2. The van der Waals surface area contributed by atoms with E-state index in [4.69, 9.17) is 4.74 Å². The summed E-state index contributed by atoms with van der Waals surface area (Å²) in [5, 5.41) is 9.61. The van der Waals surface area contributed by atoms with Gasteiger partial charge in [-0.3, -0.25) is 14.5 Å². The van der Waals surface area contributed by atoms with Crippen molar-refractivity contribution in [2.75, 3.05) is 13.3 Å². The van der Waals surface area contributed by atoms with Crippen LogP contribution in [0.5, 0.6) is 0 Å². The maximum absolute atomic E-state index is 13.9. The van der Waals surface area contributed by atoms with Gasteiger partial charge in [-0.25, -0.2) is 4.39 Å². The summed E-state index contributed by atoms with van der Waals surface area (Å²) < 4.78 is 19.5. The molecule has 1 aliphatic rings. The lowest BCUT2D eigenvalue weighted by atomic mass is 9.94. The highest BCUT2D eigenvalue weighted by molar-refractivity contribution is 6.22. The first-order valence-electron chi connectivity index (χ1n) is 8.70. The monoisotopic (exact) mass is 366 g/mol. The Hall–Kier alpha value is -3.04. The number of alkyl halides is 1. The number of fused-ring (bicyclic) bond motifs is 1. The highest BCUT2D eigenvalue weighted by atomic mass is 19.1. The molecule has 1 atom stereocenters. The molecule has 0 aliphatic carbocycles. The fraction of sp³-hybridized carbons (Fsp3) is 0.286. The van der Waals surface area contributed by atoms with Gasteiger partial charge in [0.1, 0.15) is 6.67 Å². The Kier molecular flexibility index (Phi) is 5.63. The minimum atomic E-state index is -1.82. The number of halogens is 1. The van der Waals surface area contributed by atoms with Gasteiger partial charge in [-0.15, -0.1) is 0 Å². The molecule has 5 nitrogen and oxygen atoms in total. The largest absolute Gasteiger partial charge is 0.377 e. The van der Waals surface area contributed by atoms with E-state index in [1.165, 1.54) is 12.1 Å². The maximum Gasteiger partial charge on any atom is 0.263 e. The van der Waals surface area contributed by atoms with Crippen LogP contribution in [0.25, 0.3) is 0 Å². The predicted octanol–water partition coefficient (Wildman–Crippen LogP) is 3.51. The Bertz CT molecular complexity index is 843. The Morgan fingerprint density at radius 2 is 1.59 bits per heavy atom. The summed E-state index contributed by atoms with van der Waals surface area (Å²) in [5.74, 6) is -1.25. The van der Waals surface area contributed by atoms with Gasteiger partial charge in [-0.1, -0.05) is 42.5 Å². The molecule has 0 fully saturated rings. The number of benzene rings is 2. The van der Waals surface area contributed by atoms with Crippen molar-refractivity contribution < 1.29 is 18.7 Å². The van der Waals surface area contributed by atoms with Gasteiger partial charge in [-0.05, 0) is 30.5 Å². The van der Waals surface area contributed by atoms with Gasteiger partial charge < -0.3 is 4.74 Å². The summed E-state index contributed by atoms with van der Waals surface area (Å²) >= 11 is 0. The number of carbonyl (C=O) groups excluding carboxylic acids is 2. The molecule has 0 saturated carbocycles. The standard InChI is InChI=1S/C21H19FN2O3/c22-14-21(15-23,11-6-12-27-13-16-7-2-1-3-8-16)24-19(25)17-9-4-5-10-18(17)20(24)26/h1-5,7-10H,6,11-14H2. The van der Waals surface area contributed by atoms with E-state index >= 15 is 0 Å². The van der Waals surface area contributed by atoms with E-state index in [-0.39, 0.29) is 17.5 Å². The van der Waals surface area contributed by atoms with Crippen molar-refractivity contribution in [3.8, 4) is 6.07 Å². The molecule has 0 N–H and O–H groups in total. The van der Waals surface area contributed by atoms with Crippen molar-refractivity contribution in [2.45, 2.75) is 25.0 Å². The summed E-state index contributed by atoms with van der Waals surface area (Å²) in [4.78, 5) is 26.0. The number of ether oxygens (including phenoxy) is 1. The van der Waals surface area contributed by atoms with Crippen LogP contribution in [-0.4, -0.2) is 35.5 Å². The Labute approximate surface area is 157 Å². The third-order valence-corrected chi connectivity index (χ3v) is 4.64. The molecule has 0 spiro atoms. The molecule has 27 heavy (non-hydrogen) atoms. The van der Waals surface area contributed by atoms with Crippen molar-refractivity contribution in [3.63, 3.8) is 0 Å². The average Bonchev–Trinajstić information content (AvgIpc) is 2.97. The minimum absolute atomic E-state index is 0.0141. The number of rotatable bonds is 8. The van der Waals surface area contributed by atoms with E-state index < -0.39 is 24.0 Å². The summed E-state index contributed by atoms with van der Waals surface area (Å²) in [6.45, 7) is -0.418. The van der Waals surface area contributed by atoms with Crippen LogP contribution >= 0.6 is 0 Å². The van der Waals surface area contributed by atoms with Crippen LogP contribution in [0.3, 0.4) is 0 Å². The van der Waals surface area contributed by atoms with Crippen LogP contribution in [0.15, 0.2) is 54.6 Å². The van der Waals surface area contributed by atoms with E-state index in [1.807, 2.05) is 36.4 Å². The number of nitriles is 1. The van der Waals surface area contributed by atoms with Crippen LogP contribution < -0.4 is 0 Å².